The van der Waals surface area contributed by atoms with Crippen LogP contribution in [0.15, 0.2) is 28.8 Å². The molecule has 2 aliphatic heterocycles. The van der Waals surface area contributed by atoms with E-state index in [0.29, 0.717) is 5.92 Å². The van der Waals surface area contributed by atoms with Gasteiger partial charge in [0.15, 0.2) is 5.58 Å². The molecular weight excluding hydrogens is 369 g/mol. The van der Waals surface area contributed by atoms with Gasteiger partial charge in [-0.15, -0.1) is 24.8 Å². The number of hydrogen-bond donors (Lipinski definition) is 0. The number of halogens is 2. The molecule has 4 rings (SSSR count). The zero-order chi connectivity index (χ0) is 16.2. The van der Waals surface area contributed by atoms with E-state index in [4.69, 9.17) is 4.52 Å². The van der Waals surface area contributed by atoms with Crippen molar-refractivity contribution in [2.24, 2.45) is 0 Å². The minimum atomic E-state index is 0. The fourth-order valence-corrected chi connectivity index (χ4v) is 4.33. The molecule has 6 heteroatoms. The summed E-state index contributed by atoms with van der Waals surface area (Å²) in [5.41, 5.74) is 2.11. The van der Waals surface area contributed by atoms with Crippen molar-refractivity contribution in [1.29, 1.82) is 0 Å². The second-order valence-electron chi connectivity index (χ2n) is 7.44. The number of likely N-dealkylation sites (tertiary alicyclic amines) is 2. The molecular formula is C20H31Cl2N3O. The standard InChI is InChI=1S/C20H29N3O.2ClH/c1-4-11-22(12-5-1)13-6-14-23-15-9-17(10-16-23)20-18-7-2-3-8-19(18)24-21-20;;/h2-3,7-8,17H,1,4-6,9-16H2;2*1H. The van der Waals surface area contributed by atoms with Gasteiger partial charge in [0.2, 0.25) is 0 Å². The van der Waals surface area contributed by atoms with E-state index in [1.54, 1.807) is 0 Å². The van der Waals surface area contributed by atoms with Crippen LogP contribution >= 0.6 is 24.8 Å². The fraction of sp³-hybridized carbons (Fsp3) is 0.650. The van der Waals surface area contributed by atoms with Gasteiger partial charge in [-0.25, -0.2) is 0 Å². The molecule has 4 nitrogen and oxygen atoms in total. The molecule has 0 amide bonds. The number of aromatic nitrogens is 1. The third-order valence-corrected chi connectivity index (χ3v) is 5.78. The zero-order valence-corrected chi connectivity index (χ0v) is 17.1. The third-order valence-electron chi connectivity index (χ3n) is 5.78. The molecule has 146 valence electrons. The number of nitrogens with zero attached hydrogens (tertiary/aromatic N) is 3. The van der Waals surface area contributed by atoms with Crippen LogP contribution in [0.1, 0.15) is 50.1 Å². The second-order valence-corrected chi connectivity index (χ2v) is 7.44. The van der Waals surface area contributed by atoms with Crippen molar-refractivity contribution in [2.45, 2.75) is 44.4 Å². The minimum Gasteiger partial charge on any atom is -0.356 e. The van der Waals surface area contributed by atoms with E-state index in [1.807, 2.05) is 12.1 Å². The lowest BCUT2D eigenvalue weighted by molar-refractivity contribution is 0.179. The molecule has 2 fully saturated rings. The Labute approximate surface area is 169 Å². The molecule has 1 aromatic carbocycles. The molecule has 0 radical (unpaired) electrons. The van der Waals surface area contributed by atoms with Gasteiger partial charge in [-0.1, -0.05) is 23.7 Å². The number of benzene rings is 1. The van der Waals surface area contributed by atoms with Crippen molar-refractivity contribution in [1.82, 2.24) is 15.0 Å². The molecule has 0 aliphatic carbocycles. The highest BCUT2D eigenvalue weighted by atomic mass is 35.5. The third kappa shape index (κ3) is 5.13. The number of fused-ring (bicyclic) bond motifs is 1. The van der Waals surface area contributed by atoms with Crippen molar-refractivity contribution in [2.75, 3.05) is 39.3 Å². The first-order valence-electron chi connectivity index (χ1n) is 9.69. The summed E-state index contributed by atoms with van der Waals surface area (Å²) in [5.74, 6) is 0.562. The van der Waals surface area contributed by atoms with Crippen molar-refractivity contribution >= 4 is 35.8 Å². The summed E-state index contributed by atoms with van der Waals surface area (Å²) in [4.78, 5) is 5.29. The van der Waals surface area contributed by atoms with Crippen LogP contribution in [0.25, 0.3) is 11.0 Å². The van der Waals surface area contributed by atoms with Gasteiger partial charge in [0.1, 0.15) is 0 Å². The Hall–Kier alpha value is -0.810. The molecule has 0 N–H and O–H groups in total. The van der Waals surface area contributed by atoms with Gasteiger partial charge in [0.25, 0.3) is 0 Å². The zero-order valence-electron chi connectivity index (χ0n) is 15.4. The average molecular weight is 400 g/mol. The Morgan fingerprint density at radius 2 is 1.54 bits per heavy atom. The van der Waals surface area contributed by atoms with Crippen LogP contribution in [0.4, 0.5) is 0 Å². The number of piperidine rings is 2. The maximum absolute atomic E-state index is 5.49. The number of hydrogen-bond acceptors (Lipinski definition) is 4. The van der Waals surface area contributed by atoms with Crippen LogP contribution in [0.5, 0.6) is 0 Å². The van der Waals surface area contributed by atoms with Gasteiger partial charge in [-0.05, 0) is 83.5 Å². The monoisotopic (exact) mass is 399 g/mol. The van der Waals surface area contributed by atoms with E-state index in [0.717, 1.165) is 5.58 Å². The van der Waals surface area contributed by atoms with Crippen molar-refractivity contribution in [3.05, 3.63) is 30.0 Å². The maximum atomic E-state index is 5.49. The molecule has 0 atom stereocenters. The molecule has 1 aromatic heterocycles. The van der Waals surface area contributed by atoms with E-state index in [2.05, 4.69) is 27.1 Å². The largest absolute Gasteiger partial charge is 0.356 e. The van der Waals surface area contributed by atoms with Gasteiger partial charge >= 0.3 is 0 Å². The molecule has 26 heavy (non-hydrogen) atoms. The highest BCUT2D eigenvalue weighted by Crippen LogP contribution is 2.32. The van der Waals surface area contributed by atoms with E-state index in [1.165, 1.54) is 88.9 Å². The van der Waals surface area contributed by atoms with Gasteiger partial charge in [0.05, 0.1) is 5.69 Å². The highest BCUT2D eigenvalue weighted by molar-refractivity contribution is 5.85. The molecule has 0 unspecified atom stereocenters. The predicted molar refractivity (Wildman–Crippen MR) is 112 cm³/mol. The van der Waals surface area contributed by atoms with Crippen LogP contribution in [-0.4, -0.2) is 54.2 Å². The van der Waals surface area contributed by atoms with E-state index < -0.39 is 0 Å². The summed E-state index contributed by atoms with van der Waals surface area (Å²) >= 11 is 0. The van der Waals surface area contributed by atoms with Crippen LogP contribution in [0, 0.1) is 0 Å². The highest BCUT2D eigenvalue weighted by Gasteiger charge is 2.24. The van der Waals surface area contributed by atoms with E-state index >= 15 is 0 Å². The molecule has 3 heterocycles. The Kier molecular flexibility index (Phi) is 8.68. The maximum Gasteiger partial charge on any atom is 0.167 e. The van der Waals surface area contributed by atoms with Crippen LogP contribution < -0.4 is 0 Å². The van der Waals surface area contributed by atoms with Gasteiger partial charge < -0.3 is 14.3 Å². The summed E-state index contributed by atoms with van der Waals surface area (Å²) in [5, 5.41) is 5.58. The van der Waals surface area contributed by atoms with Crippen molar-refractivity contribution in [3.8, 4) is 0 Å². The Bertz CT molecular complexity index is 649. The molecule has 2 saturated heterocycles. The summed E-state index contributed by atoms with van der Waals surface area (Å²) in [6.07, 6.45) is 7.97. The molecule has 0 saturated carbocycles. The summed E-state index contributed by atoms with van der Waals surface area (Å²) in [7, 11) is 0. The smallest absolute Gasteiger partial charge is 0.167 e. The molecule has 0 bridgehead atoms. The van der Waals surface area contributed by atoms with Crippen molar-refractivity contribution < 1.29 is 4.52 Å². The van der Waals surface area contributed by atoms with Crippen molar-refractivity contribution in [3.63, 3.8) is 0 Å². The van der Waals surface area contributed by atoms with E-state index in [-0.39, 0.29) is 24.8 Å². The molecule has 0 spiro atoms. The average Bonchev–Trinajstić information content (AvgIpc) is 3.07. The topological polar surface area (TPSA) is 32.5 Å². The lowest BCUT2D eigenvalue weighted by atomic mass is 9.91. The normalized spacial score (nSPS) is 19.8. The van der Waals surface area contributed by atoms with Crippen LogP contribution in [-0.2, 0) is 0 Å². The Morgan fingerprint density at radius 1 is 0.885 bits per heavy atom. The van der Waals surface area contributed by atoms with E-state index in [9.17, 15) is 0 Å². The summed E-state index contributed by atoms with van der Waals surface area (Å²) in [6.45, 7) is 7.58. The summed E-state index contributed by atoms with van der Waals surface area (Å²) < 4.78 is 5.49. The first-order chi connectivity index (χ1) is 11.9. The Balaban J connectivity index is 0.00000121. The van der Waals surface area contributed by atoms with Gasteiger partial charge in [-0.3, -0.25) is 0 Å². The fourth-order valence-electron chi connectivity index (χ4n) is 4.33. The van der Waals surface area contributed by atoms with Crippen LogP contribution in [0.3, 0.4) is 0 Å². The molecule has 2 aromatic rings. The van der Waals surface area contributed by atoms with Crippen LogP contribution in [0.2, 0.25) is 0 Å². The Morgan fingerprint density at radius 3 is 2.27 bits per heavy atom. The lowest BCUT2D eigenvalue weighted by Crippen LogP contribution is -2.36. The first kappa shape index (κ1) is 21.5. The predicted octanol–water partition coefficient (Wildman–Crippen LogP) is 4.73. The minimum absolute atomic E-state index is 0. The van der Waals surface area contributed by atoms with Gasteiger partial charge in [-0.2, -0.15) is 0 Å². The SMILES string of the molecule is Cl.Cl.c1ccc2c(C3CCN(CCCN4CCCCC4)CC3)noc2c1. The number of para-hydroxylation sites is 1. The lowest BCUT2D eigenvalue weighted by Gasteiger charge is -2.32. The first-order valence-corrected chi connectivity index (χ1v) is 9.69. The number of rotatable bonds is 5. The second kappa shape index (κ2) is 10.5. The summed E-state index contributed by atoms with van der Waals surface area (Å²) in [6, 6.07) is 8.26. The molecule has 2 aliphatic rings. The van der Waals surface area contributed by atoms with Gasteiger partial charge in [0, 0.05) is 11.3 Å². The quantitative estimate of drug-likeness (QED) is 0.727.